The smallest absolute Gasteiger partial charge is 0.159 e. The van der Waals surface area contributed by atoms with E-state index in [0.717, 1.165) is 138 Å². The van der Waals surface area contributed by atoms with Gasteiger partial charge < -0.3 is 0 Å². The quantitative estimate of drug-likeness (QED) is 0.0593. The Morgan fingerprint density at radius 1 is 0.173 bits per heavy atom. The zero-order chi connectivity index (χ0) is 69.8. The minimum atomic E-state index is -0.985. The first-order valence-corrected chi connectivity index (χ1v) is 32.7. The highest BCUT2D eigenvalue weighted by atomic mass is 19.2. The predicted molar refractivity (Wildman–Crippen MR) is 374 cm³/mol. The summed E-state index contributed by atoms with van der Waals surface area (Å²) in [6.07, 6.45) is 11.0. The fraction of sp³-hybridized carbons (Fsp3) is 0.163. The molecule has 500 valence electrons. The molecule has 0 heterocycles. The van der Waals surface area contributed by atoms with Crippen LogP contribution in [0.15, 0.2) is 243 Å². The highest BCUT2D eigenvalue weighted by Crippen LogP contribution is 2.35. The van der Waals surface area contributed by atoms with Gasteiger partial charge in [-0.2, -0.15) is 0 Å². The summed E-state index contributed by atoms with van der Waals surface area (Å²) in [5.74, 6) is -9.54. The van der Waals surface area contributed by atoms with Gasteiger partial charge in [0.2, 0.25) is 0 Å². The van der Waals surface area contributed by atoms with Crippen LogP contribution in [0.25, 0.3) is 89.0 Å². The van der Waals surface area contributed by atoms with E-state index in [0.29, 0.717) is 22.3 Å². The topological polar surface area (TPSA) is 0 Å². The van der Waals surface area contributed by atoms with Crippen molar-refractivity contribution in [2.75, 3.05) is 0 Å². The third-order valence-electron chi connectivity index (χ3n) is 16.8. The molecule has 0 aliphatic rings. The second-order valence-electron chi connectivity index (χ2n) is 23.7. The Morgan fingerprint density at radius 3 is 0.633 bits per heavy atom. The monoisotopic (exact) mass is 1330 g/mol. The summed E-state index contributed by atoms with van der Waals surface area (Å²) < 4.78 is 163. The molecule has 12 aromatic rings. The summed E-state index contributed by atoms with van der Waals surface area (Å²) in [7, 11) is 0. The van der Waals surface area contributed by atoms with E-state index in [2.05, 4.69) is 52.0 Å². The molecule has 98 heavy (non-hydrogen) atoms. The second-order valence-corrected chi connectivity index (χ2v) is 23.7. The van der Waals surface area contributed by atoms with Crippen molar-refractivity contribution in [1.29, 1.82) is 0 Å². The van der Waals surface area contributed by atoms with E-state index in [9.17, 15) is 52.7 Å². The first kappa shape index (κ1) is 72.1. The van der Waals surface area contributed by atoms with Crippen LogP contribution < -0.4 is 0 Å². The fourth-order valence-electron chi connectivity index (χ4n) is 11.1. The van der Waals surface area contributed by atoms with Crippen LogP contribution >= 0.6 is 0 Å². The molecule has 0 atom stereocenters. The van der Waals surface area contributed by atoms with E-state index in [4.69, 9.17) is 0 Å². The lowest BCUT2D eigenvalue weighted by molar-refractivity contribution is 0.509. The summed E-state index contributed by atoms with van der Waals surface area (Å²) in [6, 6.07) is 65.0. The van der Waals surface area contributed by atoms with Crippen LogP contribution in [-0.4, -0.2) is 0 Å². The first-order valence-electron chi connectivity index (χ1n) is 32.7. The number of halogens is 12. The van der Waals surface area contributed by atoms with Crippen LogP contribution in [0.1, 0.15) is 88.5 Å². The van der Waals surface area contributed by atoms with Gasteiger partial charge in [0.25, 0.3) is 0 Å². The van der Waals surface area contributed by atoms with Crippen molar-refractivity contribution in [3.8, 4) is 89.0 Å². The van der Waals surface area contributed by atoms with E-state index in [1.54, 1.807) is 48.5 Å². The van der Waals surface area contributed by atoms with E-state index < -0.39 is 69.8 Å². The van der Waals surface area contributed by atoms with Crippen molar-refractivity contribution in [2.45, 2.75) is 91.9 Å². The molecule has 0 radical (unpaired) electrons. The average Bonchev–Trinajstić information content (AvgIpc) is 0.899. The maximum atomic E-state index is 14.5. The lowest BCUT2D eigenvalue weighted by atomic mass is 9.98. The molecule has 0 amide bonds. The van der Waals surface area contributed by atoms with Gasteiger partial charge in [-0.3, -0.25) is 0 Å². The minimum absolute atomic E-state index is 0.248. The maximum Gasteiger partial charge on any atom is 0.159 e. The number of hydrogen-bond acceptors (Lipinski definition) is 0. The molecular weight excluding hydrogens is 1260 g/mol. The zero-order valence-corrected chi connectivity index (χ0v) is 54.7. The van der Waals surface area contributed by atoms with Gasteiger partial charge in [0.15, 0.2) is 46.5 Å². The Bertz CT molecular complexity index is 4620. The summed E-state index contributed by atoms with van der Waals surface area (Å²) in [5.41, 5.74) is 14.0. The Hall–Kier alpha value is -10.2. The zero-order valence-electron chi connectivity index (χ0n) is 54.7. The van der Waals surface area contributed by atoms with Crippen molar-refractivity contribution >= 4 is 0 Å². The molecule has 12 aromatic carbocycles. The van der Waals surface area contributed by atoms with Crippen LogP contribution in [0.2, 0.25) is 0 Å². The first-order chi connectivity index (χ1) is 47.3. The number of rotatable bonds is 18. The molecule has 0 aromatic heterocycles. The Kier molecular flexibility index (Phi) is 25.5. The van der Waals surface area contributed by atoms with Gasteiger partial charge in [0.05, 0.1) is 0 Å². The SMILES string of the molecule is CCCCCc1ccc(-c2ccc(-c3ccc(F)c(F)c3)c(F)c2)cc1.CCCCc1ccc(-c2ccc(-c3ccc(F)c(F)c3)c(F)c2)cc1.CCCc1ccc(-c2ccc(-c3ccc(F)c(F)c3)c(F)c2)cc1.CCc1ccc(-c2ccc(-c3ccc(F)c(F)c3)c(F)c2)cc1. The molecule has 12 heteroatoms. The van der Waals surface area contributed by atoms with E-state index in [1.165, 1.54) is 90.0 Å². The normalized spacial score (nSPS) is 10.9. The van der Waals surface area contributed by atoms with Crippen molar-refractivity contribution < 1.29 is 52.7 Å². The van der Waals surface area contributed by atoms with Crippen LogP contribution in [-0.2, 0) is 25.7 Å². The standard InChI is InChI=1S/C23H21F3.C22H19F3.C21H17F3.C20H15F3/c1-2-3-4-5-16-6-8-17(9-7-16)18-10-12-20(22(25)14-18)19-11-13-21(24)23(26)15-19;1-2-3-4-15-5-7-16(8-6-15)17-9-11-19(21(24)13-17)18-10-12-20(23)22(25)14-18;1-2-3-14-4-6-15(7-5-14)16-8-10-18(20(23)12-16)17-9-11-19(22)21(24)13-17;1-2-13-3-5-14(6-4-13)15-7-9-17(19(22)11-15)16-8-10-18(21)20(23)12-16/h6-15H,2-5H2,1H3;5-14H,2-4H2,1H3;4-13H,2-3H2,1H3;3-12H,2H2,1H3. The third kappa shape index (κ3) is 19.1. The highest BCUT2D eigenvalue weighted by molar-refractivity contribution is 5.75. The molecule has 0 nitrogen and oxygen atoms in total. The van der Waals surface area contributed by atoms with Crippen LogP contribution in [0.4, 0.5) is 52.7 Å². The van der Waals surface area contributed by atoms with Crippen molar-refractivity contribution in [2.24, 2.45) is 0 Å². The van der Waals surface area contributed by atoms with E-state index >= 15 is 0 Å². The lowest BCUT2D eigenvalue weighted by Crippen LogP contribution is -1.90. The summed E-state index contributed by atoms with van der Waals surface area (Å²) in [6.45, 7) is 8.54. The van der Waals surface area contributed by atoms with Gasteiger partial charge in [-0.1, -0.05) is 223 Å². The molecule has 0 N–H and O–H groups in total. The molecule has 0 aliphatic heterocycles. The third-order valence-corrected chi connectivity index (χ3v) is 16.8. The van der Waals surface area contributed by atoms with Gasteiger partial charge in [-0.25, -0.2) is 52.7 Å². The summed E-state index contributed by atoms with van der Waals surface area (Å²) in [5, 5.41) is 0. The minimum Gasteiger partial charge on any atom is -0.206 e. The van der Waals surface area contributed by atoms with Crippen LogP contribution in [0.3, 0.4) is 0 Å². The van der Waals surface area contributed by atoms with Gasteiger partial charge in [0, 0.05) is 22.3 Å². The Morgan fingerprint density at radius 2 is 0.398 bits per heavy atom. The van der Waals surface area contributed by atoms with Gasteiger partial charge >= 0.3 is 0 Å². The Balaban J connectivity index is 0.000000153. The van der Waals surface area contributed by atoms with E-state index in [-0.39, 0.29) is 22.3 Å². The lowest BCUT2D eigenvalue weighted by Gasteiger charge is -2.08. The molecule has 0 aliphatic carbocycles. The molecule has 0 saturated heterocycles. The molecule has 0 bridgehead atoms. The predicted octanol–water partition coefficient (Wildman–Crippen LogP) is 26.3. The van der Waals surface area contributed by atoms with Crippen molar-refractivity contribution in [1.82, 2.24) is 0 Å². The van der Waals surface area contributed by atoms with Crippen LogP contribution in [0, 0.1) is 69.8 Å². The van der Waals surface area contributed by atoms with Crippen molar-refractivity contribution in [3.63, 3.8) is 0 Å². The van der Waals surface area contributed by atoms with Gasteiger partial charge in [-0.05, 0) is 200 Å². The molecule has 0 unspecified atom stereocenters. The summed E-state index contributed by atoms with van der Waals surface area (Å²) in [4.78, 5) is 0. The fourth-order valence-corrected chi connectivity index (χ4v) is 11.1. The van der Waals surface area contributed by atoms with Gasteiger partial charge in [0.1, 0.15) is 23.3 Å². The Labute approximate surface area is 565 Å². The van der Waals surface area contributed by atoms with E-state index in [1.807, 2.05) is 72.8 Å². The van der Waals surface area contributed by atoms with Gasteiger partial charge in [-0.15, -0.1) is 0 Å². The summed E-state index contributed by atoms with van der Waals surface area (Å²) >= 11 is 0. The molecule has 0 spiro atoms. The number of hydrogen-bond donors (Lipinski definition) is 0. The van der Waals surface area contributed by atoms with Crippen LogP contribution in [0.5, 0.6) is 0 Å². The largest absolute Gasteiger partial charge is 0.206 e. The second kappa shape index (κ2) is 34.6. The van der Waals surface area contributed by atoms with Crippen molar-refractivity contribution in [3.05, 3.63) is 335 Å². The average molecular weight is 1330 g/mol. The highest BCUT2D eigenvalue weighted by Gasteiger charge is 2.16. The number of benzene rings is 12. The maximum absolute atomic E-state index is 14.5. The number of unbranched alkanes of at least 4 members (excludes halogenated alkanes) is 3. The molecule has 0 saturated carbocycles. The molecule has 12 rings (SSSR count). The molecule has 0 fully saturated rings. The number of aryl methyl sites for hydroxylation is 4. The molecular formula is C86H72F12.